The van der Waals surface area contributed by atoms with Gasteiger partial charge in [-0.25, -0.2) is 18.0 Å². The van der Waals surface area contributed by atoms with Crippen molar-refractivity contribution >= 4 is 21.8 Å². The molecule has 0 rings (SSSR count). The molecule has 3 N–H and O–H groups in total. The van der Waals surface area contributed by atoms with Gasteiger partial charge in [0.1, 0.15) is 15.9 Å². The lowest BCUT2D eigenvalue weighted by Gasteiger charge is -2.14. The van der Waals surface area contributed by atoms with Crippen LogP contribution in [-0.4, -0.2) is 63.8 Å². The average Bonchev–Trinajstić information content (AvgIpc) is 2.28. The first-order chi connectivity index (χ1) is 8.76. The van der Waals surface area contributed by atoms with Gasteiger partial charge in [0.2, 0.25) is 0 Å². The molecule has 1 atom stereocenters. The predicted molar refractivity (Wildman–Crippen MR) is 68.8 cm³/mol. The zero-order valence-electron chi connectivity index (χ0n) is 11.0. The lowest BCUT2D eigenvalue weighted by Crippen LogP contribution is -2.47. The third kappa shape index (κ3) is 10.3. The number of urea groups is 1. The second-order valence-corrected chi connectivity index (χ2v) is 6.32. The van der Waals surface area contributed by atoms with Crippen molar-refractivity contribution in [3.63, 3.8) is 0 Å². The van der Waals surface area contributed by atoms with E-state index in [0.717, 1.165) is 6.26 Å². The summed E-state index contributed by atoms with van der Waals surface area (Å²) in [5.74, 6) is -1.57. The minimum absolute atomic E-state index is 0.167. The van der Waals surface area contributed by atoms with E-state index in [1.165, 1.54) is 7.11 Å². The molecule has 0 aliphatic rings. The van der Waals surface area contributed by atoms with Gasteiger partial charge in [0.25, 0.3) is 0 Å². The normalized spacial score (nSPS) is 12.7. The van der Waals surface area contributed by atoms with E-state index >= 15 is 0 Å². The van der Waals surface area contributed by atoms with Crippen LogP contribution in [0.1, 0.15) is 12.8 Å². The van der Waals surface area contributed by atoms with E-state index in [0.29, 0.717) is 19.6 Å². The molecule has 0 saturated carbocycles. The van der Waals surface area contributed by atoms with Gasteiger partial charge in [-0.1, -0.05) is 0 Å². The molecule has 2 amide bonds. The SMILES string of the molecule is COCCCNC(=O)NC(CCS(C)(=O)=O)C(=O)O. The molecule has 0 aromatic rings. The van der Waals surface area contributed by atoms with Gasteiger partial charge in [-0.2, -0.15) is 0 Å². The van der Waals surface area contributed by atoms with Gasteiger partial charge in [0.15, 0.2) is 0 Å². The van der Waals surface area contributed by atoms with Crippen molar-refractivity contribution in [2.24, 2.45) is 0 Å². The Morgan fingerprint density at radius 3 is 2.47 bits per heavy atom. The van der Waals surface area contributed by atoms with Gasteiger partial charge >= 0.3 is 12.0 Å². The van der Waals surface area contributed by atoms with Crippen LogP contribution in [0, 0.1) is 0 Å². The number of carbonyl (C=O) groups is 2. The van der Waals surface area contributed by atoms with E-state index in [2.05, 4.69) is 10.6 Å². The number of carboxylic acid groups (broad SMARTS) is 1. The first-order valence-electron chi connectivity index (χ1n) is 5.70. The quantitative estimate of drug-likeness (QED) is 0.479. The van der Waals surface area contributed by atoms with E-state index < -0.39 is 27.9 Å². The fourth-order valence-electron chi connectivity index (χ4n) is 1.22. The van der Waals surface area contributed by atoms with Crippen molar-refractivity contribution in [1.29, 1.82) is 0 Å². The topological polar surface area (TPSA) is 122 Å². The Hall–Kier alpha value is -1.35. The van der Waals surface area contributed by atoms with Crippen molar-refractivity contribution in [3.05, 3.63) is 0 Å². The monoisotopic (exact) mass is 296 g/mol. The lowest BCUT2D eigenvalue weighted by molar-refractivity contribution is -0.139. The summed E-state index contributed by atoms with van der Waals surface area (Å²) in [7, 11) is -1.73. The molecular weight excluding hydrogens is 276 g/mol. The maximum atomic E-state index is 11.4. The predicted octanol–water partition coefficient (Wildman–Crippen LogP) is -0.790. The number of carboxylic acids is 1. The molecule has 0 heterocycles. The molecule has 0 aromatic heterocycles. The largest absolute Gasteiger partial charge is 0.480 e. The highest BCUT2D eigenvalue weighted by Gasteiger charge is 2.21. The average molecular weight is 296 g/mol. The fourth-order valence-corrected chi connectivity index (χ4v) is 1.88. The maximum absolute atomic E-state index is 11.4. The molecule has 0 aliphatic carbocycles. The van der Waals surface area contributed by atoms with Crippen LogP contribution in [0.3, 0.4) is 0 Å². The number of ether oxygens (including phenoxy) is 1. The van der Waals surface area contributed by atoms with Gasteiger partial charge in [-0.05, 0) is 12.8 Å². The summed E-state index contributed by atoms with van der Waals surface area (Å²) in [6.45, 7) is 0.828. The van der Waals surface area contributed by atoms with Gasteiger partial charge in [-0.15, -0.1) is 0 Å². The molecule has 9 heteroatoms. The van der Waals surface area contributed by atoms with Crippen molar-refractivity contribution in [2.45, 2.75) is 18.9 Å². The highest BCUT2D eigenvalue weighted by molar-refractivity contribution is 7.90. The number of carbonyl (C=O) groups excluding carboxylic acids is 1. The molecule has 0 spiro atoms. The molecule has 0 fully saturated rings. The molecule has 0 aliphatic heterocycles. The van der Waals surface area contributed by atoms with Gasteiger partial charge in [0.05, 0.1) is 5.75 Å². The van der Waals surface area contributed by atoms with Gasteiger partial charge < -0.3 is 20.5 Å². The van der Waals surface area contributed by atoms with Crippen LogP contribution in [-0.2, 0) is 19.4 Å². The second kappa shape index (κ2) is 8.70. The summed E-state index contributed by atoms with van der Waals surface area (Å²) in [4.78, 5) is 22.2. The number of rotatable bonds is 9. The molecular formula is C10H20N2O6S. The zero-order chi connectivity index (χ0) is 14.9. The second-order valence-electron chi connectivity index (χ2n) is 4.06. The summed E-state index contributed by atoms with van der Waals surface area (Å²) >= 11 is 0. The molecule has 19 heavy (non-hydrogen) atoms. The van der Waals surface area contributed by atoms with Gasteiger partial charge in [0, 0.05) is 26.5 Å². The molecule has 8 nitrogen and oxygen atoms in total. The van der Waals surface area contributed by atoms with Crippen molar-refractivity contribution in [2.75, 3.05) is 32.3 Å². The Labute approximate surface area is 112 Å². The van der Waals surface area contributed by atoms with E-state index in [1.54, 1.807) is 0 Å². The third-order valence-electron chi connectivity index (χ3n) is 2.19. The van der Waals surface area contributed by atoms with Crippen LogP contribution < -0.4 is 10.6 Å². The van der Waals surface area contributed by atoms with Crippen LogP contribution in [0.2, 0.25) is 0 Å². The number of aliphatic carboxylic acids is 1. The summed E-state index contributed by atoms with van der Waals surface area (Å²) in [5.41, 5.74) is 0. The summed E-state index contributed by atoms with van der Waals surface area (Å²) in [6, 6.07) is -1.87. The highest BCUT2D eigenvalue weighted by Crippen LogP contribution is 1.97. The van der Waals surface area contributed by atoms with Crippen LogP contribution in [0.4, 0.5) is 4.79 Å². The number of hydrogen-bond donors (Lipinski definition) is 3. The van der Waals surface area contributed by atoms with Crippen LogP contribution >= 0.6 is 0 Å². The highest BCUT2D eigenvalue weighted by atomic mass is 32.2. The lowest BCUT2D eigenvalue weighted by atomic mass is 10.2. The summed E-state index contributed by atoms with van der Waals surface area (Å²) < 4.78 is 26.7. The smallest absolute Gasteiger partial charge is 0.326 e. The van der Waals surface area contributed by atoms with E-state index in [4.69, 9.17) is 9.84 Å². The Balaban J connectivity index is 4.12. The number of hydrogen-bond acceptors (Lipinski definition) is 5. The van der Waals surface area contributed by atoms with E-state index in [-0.39, 0.29) is 12.2 Å². The van der Waals surface area contributed by atoms with Crippen LogP contribution in [0.25, 0.3) is 0 Å². The molecule has 112 valence electrons. The third-order valence-corrected chi connectivity index (χ3v) is 3.17. The number of amides is 2. The van der Waals surface area contributed by atoms with Crippen molar-refractivity contribution in [3.8, 4) is 0 Å². The van der Waals surface area contributed by atoms with Gasteiger partial charge in [-0.3, -0.25) is 0 Å². The van der Waals surface area contributed by atoms with Crippen molar-refractivity contribution in [1.82, 2.24) is 10.6 Å². The molecule has 1 unspecified atom stereocenters. The summed E-state index contributed by atoms with van der Waals surface area (Å²) in [5, 5.41) is 13.5. The Bertz CT molecular complexity index is 395. The number of nitrogens with one attached hydrogen (secondary N) is 2. The molecule has 0 radical (unpaired) electrons. The van der Waals surface area contributed by atoms with Crippen LogP contribution in [0.5, 0.6) is 0 Å². The van der Waals surface area contributed by atoms with Crippen molar-refractivity contribution < 1.29 is 27.9 Å². The zero-order valence-corrected chi connectivity index (χ0v) is 11.8. The Morgan fingerprint density at radius 2 is 2.00 bits per heavy atom. The Kier molecular flexibility index (Phi) is 8.08. The first-order valence-corrected chi connectivity index (χ1v) is 7.76. The first kappa shape index (κ1) is 17.6. The molecule has 0 bridgehead atoms. The minimum atomic E-state index is -3.26. The maximum Gasteiger partial charge on any atom is 0.326 e. The van der Waals surface area contributed by atoms with E-state index in [1.807, 2.05) is 0 Å². The standard InChI is InChI=1S/C10H20N2O6S/c1-18-6-3-5-11-10(15)12-8(9(13)14)4-7-19(2,16)17/h8H,3-7H2,1-2H3,(H,13,14)(H2,11,12,15). The van der Waals surface area contributed by atoms with Crippen LogP contribution in [0.15, 0.2) is 0 Å². The fraction of sp³-hybridized carbons (Fsp3) is 0.800. The molecule has 0 saturated heterocycles. The van der Waals surface area contributed by atoms with E-state index in [9.17, 15) is 18.0 Å². The summed E-state index contributed by atoms with van der Waals surface area (Å²) in [6.07, 6.45) is 1.45. The minimum Gasteiger partial charge on any atom is -0.480 e. The number of methoxy groups -OCH3 is 1. The number of sulfone groups is 1. The molecule has 0 aromatic carbocycles. The Morgan fingerprint density at radius 1 is 1.37 bits per heavy atom.